The number of carbonyl (C=O) groups is 2. The third-order valence-electron chi connectivity index (χ3n) is 4.01. The monoisotopic (exact) mass is 434 g/mol. The highest BCUT2D eigenvalue weighted by atomic mass is 32.2. The zero-order valence-corrected chi connectivity index (χ0v) is 17.6. The highest BCUT2D eigenvalue weighted by Gasteiger charge is 2.12. The fourth-order valence-corrected chi connectivity index (χ4v) is 3.56. The minimum Gasteiger partial charge on any atom is -0.484 e. The normalized spacial score (nSPS) is 11.0. The summed E-state index contributed by atoms with van der Waals surface area (Å²) in [6.45, 7) is 2.32. The largest absolute Gasteiger partial charge is 0.484 e. The van der Waals surface area contributed by atoms with Crippen molar-refractivity contribution >= 4 is 21.9 Å². The molecule has 8 nitrogen and oxygen atoms in total. The lowest BCUT2D eigenvalue weighted by Crippen LogP contribution is -2.31. The Balaban J connectivity index is 1.69. The van der Waals surface area contributed by atoms with Crippen LogP contribution in [0.5, 0.6) is 5.75 Å². The summed E-state index contributed by atoms with van der Waals surface area (Å²) < 4.78 is 37.1. The lowest BCUT2D eigenvalue weighted by atomic mass is 10.1. The first-order valence-electron chi connectivity index (χ1n) is 9.59. The van der Waals surface area contributed by atoms with E-state index >= 15 is 0 Å². The Morgan fingerprint density at radius 2 is 1.67 bits per heavy atom. The molecule has 0 unspecified atom stereocenters. The van der Waals surface area contributed by atoms with Crippen LogP contribution in [-0.2, 0) is 30.8 Å². The molecule has 0 fully saturated rings. The SMILES string of the molecule is CCOC(=O)CCNC(=O)COc1ccc(CCNS(=O)(=O)c2ccccc2)cc1. The van der Waals surface area contributed by atoms with Gasteiger partial charge in [-0.05, 0) is 43.2 Å². The Labute approximate surface area is 176 Å². The third kappa shape index (κ3) is 8.22. The summed E-state index contributed by atoms with van der Waals surface area (Å²) in [4.78, 5) is 23.1. The Bertz CT molecular complexity index is 914. The topological polar surface area (TPSA) is 111 Å². The van der Waals surface area contributed by atoms with Gasteiger partial charge in [-0.3, -0.25) is 9.59 Å². The first-order valence-corrected chi connectivity index (χ1v) is 11.1. The molecule has 1 amide bonds. The first kappa shape index (κ1) is 23.4. The van der Waals surface area contributed by atoms with Crippen LogP contribution in [0.2, 0.25) is 0 Å². The van der Waals surface area contributed by atoms with Gasteiger partial charge in [0.1, 0.15) is 5.75 Å². The van der Waals surface area contributed by atoms with E-state index in [-0.39, 0.29) is 42.9 Å². The molecule has 9 heteroatoms. The van der Waals surface area contributed by atoms with Crippen molar-refractivity contribution in [3.05, 3.63) is 60.2 Å². The molecule has 0 atom stereocenters. The second-order valence-corrected chi connectivity index (χ2v) is 8.07. The molecule has 2 aromatic rings. The van der Waals surface area contributed by atoms with E-state index < -0.39 is 10.0 Å². The van der Waals surface area contributed by atoms with Gasteiger partial charge in [0, 0.05) is 13.1 Å². The van der Waals surface area contributed by atoms with E-state index in [9.17, 15) is 18.0 Å². The van der Waals surface area contributed by atoms with Gasteiger partial charge in [0.25, 0.3) is 5.91 Å². The van der Waals surface area contributed by atoms with Gasteiger partial charge in [-0.15, -0.1) is 0 Å². The maximum Gasteiger partial charge on any atom is 0.307 e. The van der Waals surface area contributed by atoms with Crippen molar-refractivity contribution in [3.63, 3.8) is 0 Å². The molecule has 0 heterocycles. The predicted octanol–water partition coefficient (Wildman–Crippen LogP) is 1.66. The fraction of sp³-hybridized carbons (Fsp3) is 0.333. The second-order valence-electron chi connectivity index (χ2n) is 6.30. The number of hydrogen-bond donors (Lipinski definition) is 2. The minimum absolute atomic E-state index is 0.113. The minimum atomic E-state index is -3.52. The van der Waals surface area contributed by atoms with Gasteiger partial charge in [-0.1, -0.05) is 30.3 Å². The average molecular weight is 435 g/mol. The highest BCUT2D eigenvalue weighted by Crippen LogP contribution is 2.13. The van der Waals surface area contributed by atoms with E-state index in [1.807, 2.05) is 12.1 Å². The summed E-state index contributed by atoms with van der Waals surface area (Å²) in [6.07, 6.45) is 0.628. The molecule has 0 aliphatic heterocycles. The van der Waals surface area contributed by atoms with Gasteiger partial charge < -0.3 is 14.8 Å². The van der Waals surface area contributed by atoms with Crippen LogP contribution in [0.1, 0.15) is 18.9 Å². The molecular weight excluding hydrogens is 408 g/mol. The Kier molecular flexibility index (Phi) is 9.30. The predicted molar refractivity (Wildman–Crippen MR) is 112 cm³/mol. The lowest BCUT2D eigenvalue weighted by Gasteiger charge is -2.09. The summed E-state index contributed by atoms with van der Waals surface area (Å²) >= 11 is 0. The number of benzene rings is 2. The lowest BCUT2D eigenvalue weighted by molar-refractivity contribution is -0.143. The molecular formula is C21H26N2O6S. The van der Waals surface area contributed by atoms with Gasteiger partial charge in [-0.25, -0.2) is 13.1 Å². The number of sulfonamides is 1. The standard InChI is InChI=1S/C21H26N2O6S/c1-2-28-21(25)13-14-22-20(24)16-29-18-10-8-17(9-11-18)12-15-23-30(26,27)19-6-4-3-5-7-19/h3-11,23H,2,12-16H2,1H3,(H,22,24). The Hall–Kier alpha value is -2.91. The van der Waals surface area contributed by atoms with Crippen LogP contribution < -0.4 is 14.8 Å². The number of rotatable bonds is 12. The Morgan fingerprint density at radius 1 is 0.967 bits per heavy atom. The molecule has 2 N–H and O–H groups in total. The van der Waals surface area contributed by atoms with Crippen LogP contribution in [0.4, 0.5) is 0 Å². The summed E-state index contributed by atoms with van der Waals surface area (Å²) in [5.74, 6) is -0.178. The number of carbonyl (C=O) groups excluding carboxylic acids is 2. The van der Waals surface area contributed by atoms with Gasteiger partial charge in [-0.2, -0.15) is 0 Å². The summed E-state index contributed by atoms with van der Waals surface area (Å²) in [5, 5.41) is 2.58. The number of ether oxygens (including phenoxy) is 2. The molecule has 0 bridgehead atoms. The van der Waals surface area contributed by atoms with Crippen LogP contribution in [0.15, 0.2) is 59.5 Å². The van der Waals surface area contributed by atoms with Gasteiger partial charge >= 0.3 is 5.97 Å². The van der Waals surface area contributed by atoms with Crippen molar-refractivity contribution < 1.29 is 27.5 Å². The van der Waals surface area contributed by atoms with Crippen LogP contribution in [0, 0.1) is 0 Å². The molecule has 0 saturated carbocycles. The number of nitrogens with one attached hydrogen (secondary N) is 2. The quantitative estimate of drug-likeness (QED) is 0.492. The van der Waals surface area contributed by atoms with E-state index in [1.54, 1.807) is 49.4 Å². The average Bonchev–Trinajstić information content (AvgIpc) is 2.74. The summed E-state index contributed by atoms with van der Waals surface area (Å²) in [6, 6.07) is 15.2. The van der Waals surface area contributed by atoms with Crippen molar-refractivity contribution in [3.8, 4) is 5.75 Å². The van der Waals surface area contributed by atoms with Gasteiger partial charge in [0.15, 0.2) is 6.61 Å². The maximum atomic E-state index is 12.2. The molecule has 0 aliphatic rings. The molecule has 0 saturated heterocycles. The number of esters is 1. The molecule has 0 aromatic heterocycles. The second kappa shape index (κ2) is 11.9. The molecule has 0 spiro atoms. The van der Waals surface area contributed by atoms with Gasteiger partial charge in [0.2, 0.25) is 10.0 Å². The van der Waals surface area contributed by atoms with Crippen molar-refractivity contribution in [2.75, 3.05) is 26.3 Å². The van der Waals surface area contributed by atoms with E-state index in [1.165, 1.54) is 0 Å². The smallest absolute Gasteiger partial charge is 0.307 e. The van der Waals surface area contributed by atoms with Crippen molar-refractivity contribution in [1.29, 1.82) is 0 Å². The van der Waals surface area contributed by atoms with Crippen LogP contribution in [0.25, 0.3) is 0 Å². The Morgan fingerprint density at radius 3 is 2.33 bits per heavy atom. The third-order valence-corrected chi connectivity index (χ3v) is 5.49. The van der Waals surface area contributed by atoms with E-state index in [0.29, 0.717) is 18.8 Å². The van der Waals surface area contributed by atoms with Gasteiger partial charge in [0.05, 0.1) is 17.9 Å². The fourth-order valence-electron chi connectivity index (χ4n) is 2.50. The van der Waals surface area contributed by atoms with E-state index in [2.05, 4.69) is 10.0 Å². The van der Waals surface area contributed by atoms with Crippen LogP contribution in [0.3, 0.4) is 0 Å². The molecule has 0 radical (unpaired) electrons. The molecule has 2 aromatic carbocycles. The molecule has 30 heavy (non-hydrogen) atoms. The zero-order chi connectivity index (χ0) is 21.8. The van der Waals surface area contributed by atoms with E-state index in [4.69, 9.17) is 9.47 Å². The van der Waals surface area contributed by atoms with Crippen molar-refractivity contribution in [2.45, 2.75) is 24.7 Å². The number of hydrogen-bond acceptors (Lipinski definition) is 6. The maximum absolute atomic E-state index is 12.2. The summed E-state index contributed by atoms with van der Waals surface area (Å²) in [7, 11) is -3.52. The first-order chi connectivity index (χ1) is 14.4. The van der Waals surface area contributed by atoms with Crippen molar-refractivity contribution in [2.24, 2.45) is 0 Å². The molecule has 2 rings (SSSR count). The van der Waals surface area contributed by atoms with Crippen LogP contribution in [-0.4, -0.2) is 46.6 Å². The van der Waals surface area contributed by atoms with E-state index in [0.717, 1.165) is 5.56 Å². The number of amides is 1. The highest BCUT2D eigenvalue weighted by molar-refractivity contribution is 7.89. The van der Waals surface area contributed by atoms with Crippen molar-refractivity contribution in [1.82, 2.24) is 10.0 Å². The molecule has 162 valence electrons. The van der Waals surface area contributed by atoms with Crippen LogP contribution >= 0.6 is 0 Å². The zero-order valence-electron chi connectivity index (χ0n) is 16.8. The summed E-state index contributed by atoms with van der Waals surface area (Å²) in [5.41, 5.74) is 0.928. The molecule has 0 aliphatic carbocycles.